The van der Waals surface area contributed by atoms with E-state index in [0.29, 0.717) is 0 Å². The Balaban J connectivity index is 1.73. The molecule has 1 aromatic rings. The maximum absolute atomic E-state index is 5.00. The van der Waals surface area contributed by atoms with Crippen molar-refractivity contribution in [1.29, 1.82) is 0 Å². The summed E-state index contributed by atoms with van der Waals surface area (Å²) in [6.45, 7) is 4.77. The highest BCUT2D eigenvalue weighted by Crippen LogP contribution is 2.14. The summed E-state index contributed by atoms with van der Waals surface area (Å²) in [6.07, 6.45) is 7.38. The van der Waals surface area contributed by atoms with Crippen LogP contribution in [-0.2, 0) is 11.3 Å². The van der Waals surface area contributed by atoms with Crippen LogP contribution >= 0.6 is 0 Å². The van der Waals surface area contributed by atoms with E-state index in [1.165, 1.54) is 12.8 Å². The normalized spacial score (nSPS) is 15.3. The Kier molecular flexibility index (Phi) is 5.36. The summed E-state index contributed by atoms with van der Waals surface area (Å²) in [7, 11) is 1.73. The minimum absolute atomic E-state index is 0.803. The van der Waals surface area contributed by atoms with E-state index in [9.17, 15) is 0 Å². The van der Waals surface area contributed by atoms with Gasteiger partial charge in [0.1, 0.15) is 0 Å². The summed E-state index contributed by atoms with van der Waals surface area (Å²) in [6, 6.07) is 0. The number of methoxy groups -OCH3 is 1. The Hall–Kier alpha value is -1.20. The minimum atomic E-state index is 0.803. The van der Waals surface area contributed by atoms with Crippen LogP contribution in [0.25, 0.3) is 0 Å². The molecule has 0 radical (unpaired) electrons. The van der Waals surface area contributed by atoms with Crippen LogP contribution < -0.4 is 10.2 Å². The molecule has 0 aromatic carbocycles. The van der Waals surface area contributed by atoms with E-state index in [-0.39, 0.29) is 0 Å². The molecule has 2 rings (SSSR count). The Bertz CT molecular complexity index is 335. The maximum atomic E-state index is 5.00. The van der Waals surface area contributed by atoms with Gasteiger partial charge in [-0.2, -0.15) is 0 Å². The molecule has 1 aliphatic heterocycles. The molecule has 0 bridgehead atoms. The zero-order valence-corrected chi connectivity index (χ0v) is 11.1. The van der Waals surface area contributed by atoms with Crippen molar-refractivity contribution >= 4 is 5.95 Å². The van der Waals surface area contributed by atoms with Crippen molar-refractivity contribution in [3.8, 4) is 0 Å². The molecule has 2 heterocycles. The van der Waals surface area contributed by atoms with Gasteiger partial charge in [-0.15, -0.1) is 0 Å². The van der Waals surface area contributed by atoms with Gasteiger partial charge in [-0.3, -0.25) is 0 Å². The molecule has 5 heteroatoms. The van der Waals surface area contributed by atoms with Crippen LogP contribution in [-0.4, -0.2) is 43.3 Å². The van der Waals surface area contributed by atoms with Gasteiger partial charge in [0, 0.05) is 51.3 Å². The van der Waals surface area contributed by atoms with E-state index in [4.69, 9.17) is 4.74 Å². The second kappa shape index (κ2) is 7.28. The zero-order valence-electron chi connectivity index (χ0n) is 11.1. The average molecular weight is 250 g/mol. The van der Waals surface area contributed by atoms with Crippen LogP contribution in [0.3, 0.4) is 0 Å². The average Bonchev–Trinajstić information content (AvgIpc) is 2.93. The minimum Gasteiger partial charge on any atom is -0.385 e. The summed E-state index contributed by atoms with van der Waals surface area (Å²) < 4.78 is 5.00. The largest absolute Gasteiger partial charge is 0.385 e. The van der Waals surface area contributed by atoms with Gasteiger partial charge in [-0.25, -0.2) is 9.97 Å². The molecule has 1 aromatic heterocycles. The maximum Gasteiger partial charge on any atom is 0.225 e. The highest BCUT2D eigenvalue weighted by Gasteiger charge is 2.14. The van der Waals surface area contributed by atoms with Gasteiger partial charge in [0.15, 0.2) is 0 Å². The van der Waals surface area contributed by atoms with Crippen LogP contribution in [0.5, 0.6) is 0 Å². The van der Waals surface area contributed by atoms with Crippen LogP contribution in [0.4, 0.5) is 5.95 Å². The fourth-order valence-corrected chi connectivity index (χ4v) is 2.09. The summed E-state index contributed by atoms with van der Waals surface area (Å²) in [5.41, 5.74) is 1.13. The van der Waals surface area contributed by atoms with Gasteiger partial charge in [0.25, 0.3) is 0 Å². The van der Waals surface area contributed by atoms with E-state index in [2.05, 4.69) is 20.2 Å². The second-order valence-electron chi connectivity index (χ2n) is 4.61. The number of nitrogens with one attached hydrogen (secondary N) is 1. The van der Waals surface area contributed by atoms with Crippen molar-refractivity contribution in [1.82, 2.24) is 15.3 Å². The van der Waals surface area contributed by atoms with Gasteiger partial charge in [0.2, 0.25) is 5.95 Å². The van der Waals surface area contributed by atoms with E-state index < -0.39 is 0 Å². The quantitative estimate of drug-likeness (QED) is 0.737. The lowest BCUT2D eigenvalue weighted by Gasteiger charge is -2.14. The number of aromatic nitrogens is 2. The van der Waals surface area contributed by atoms with Crippen molar-refractivity contribution < 1.29 is 4.74 Å². The van der Waals surface area contributed by atoms with E-state index >= 15 is 0 Å². The molecule has 0 amide bonds. The first kappa shape index (κ1) is 13.2. The molecule has 1 fully saturated rings. The lowest BCUT2D eigenvalue weighted by atomic mass is 10.3. The summed E-state index contributed by atoms with van der Waals surface area (Å²) >= 11 is 0. The highest BCUT2D eigenvalue weighted by molar-refractivity contribution is 5.30. The number of ether oxygens (including phenoxy) is 1. The Morgan fingerprint density at radius 2 is 2.00 bits per heavy atom. The van der Waals surface area contributed by atoms with Crippen molar-refractivity contribution in [2.75, 3.05) is 38.3 Å². The first-order valence-electron chi connectivity index (χ1n) is 6.65. The third-order valence-corrected chi connectivity index (χ3v) is 3.11. The SMILES string of the molecule is COCCCNCc1cnc(N2CCCC2)nc1. The van der Waals surface area contributed by atoms with Crippen molar-refractivity contribution in [3.63, 3.8) is 0 Å². The van der Waals surface area contributed by atoms with E-state index in [1.54, 1.807) is 7.11 Å². The van der Waals surface area contributed by atoms with Gasteiger partial charge >= 0.3 is 0 Å². The second-order valence-corrected chi connectivity index (χ2v) is 4.61. The zero-order chi connectivity index (χ0) is 12.6. The molecule has 0 saturated carbocycles. The molecule has 1 N–H and O–H groups in total. The lowest BCUT2D eigenvalue weighted by molar-refractivity contribution is 0.194. The molecule has 1 saturated heterocycles. The highest BCUT2D eigenvalue weighted by atomic mass is 16.5. The first-order chi connectivity index (χ1) is 8.90. The molecule has 5 nitrogen and oxygen atoms in total. The van der Waals surface area contributed by atoms with Crippen molar-refractivity contribution in [2.24, 2.45) is 0 Å². The van der Waals surface area contributed by atoms with Gasteiger partial charge < -0.3 is 15.0 Å². The molecule has 1 aliphatic rings. The van der Waals surface area contributed by atoms with Crippen LogP contribution in [0.2, 0.25) is 0 Å². The molecule has 100 valence electrons. The third kappa shape index (κ3) is 3.92. The van der Waals surface area contributed by atoms with Crippen LogP contribution in [0.1, 0.15) is 24.8 Å². The van der Waals surface area contributed by atoms with E-state index in [1.807, 2.05) is 12.4 Å². The standard InChI is InChI=1S/C13H22N4O/c1-18-8-4-5-14-9-12-10-15-13(16-11-12)17-6-2-3-7-17/h10-11,14H,2-9H2,1H3. The monoisotopic (exact) mass is 250 g/mol. The third-order valence-electron chi connectivity index (χ3n) is 3.11. The Morgan fingerprint density at radius 1 is 1.28 bits per heavy atom. The summed E-state index contributed by atoms with van der Waals surface area (Å²) in [5, 5.41) is 3.35. The number of rotatable bonds is 7. The van der Waals surface area contributed by atoms with Crippen LogP contribution in [0, 0.1) is 0 Å². The number of hydrogen-bond acceptors (Lipinski definition) is 5. The lowest BCUT2D eigenvalue weighted by Crippen LogP contribution is -2.21. The van der Waals surface area contributed by atoms with Gasteiger partial charge in [-0.1, -0.05) is 0 Å². The molecule has 0 atom stereocenters. The van der Waals surface area contributed by atoms with Crippen molar-refractivity contribution in [3.05, 3.63) is 18.0 Å². The molecule has 0 aliphatic carbocycles. The van der Waals surface area contributed by atoms with E-state index in [0.717, 1.165) is 50.7 Å². The Morgan fingerprint density at radius 3 is 2.67 bits per heavy atom. The number of hydrogen-bond donors (Lipinski definition) is 1. The predicted octanol–water partition coefficient (Wildman–Crippen LogP) is 1.20. The topological polar surface area (TPSA) is 50.3 Å². The summed E-state index contributed by atoms with van der Waals surface area (Å²) in [4.78, 5) is 11.1. The molecular weight excluding hydrogens is 228 g/mol. The fraction of sp³-hybridized carbons (Fsp3) is 0.692. The van der Waals surface area contributed by atoms with Crippen molar-refractivity contribution in [2.45, 2.75) is 25.8 Å². The van der Waals surface area contributed by atoms with Gasteiger partial charge in [-0.05, 0) is 25.8 Å². The van der Waals surface area contributed by atoms with Gasteiger partial charge in [0.05, 0.1) is 0 Å². The summed E-state index contributed by atoms with van der Waals surface area (Å²) in [5.74, 6) is 0.871. The first-order valence-corrected chi connectivity index (χ1v) is 6.65. The molecule has 0 unspecified atom stereocenters. The Labute approximate surface area is 109 Å². The van der Waals surface area contributed by atoms with Crippen LogP contribution in [0.15, 0.2) is 12.4 Å². The smallest absolute Gasteiger partial charge is 0.225 e. The molecule has 0 spiro atoms. The molecular formula is C13H22N4O. The number of anilines is 1. The number of nitrogens with zero attached hydrogens (tertiary/aromatic N) is 3. The molecule has 18 heavy (non-hydrogen) atoms. The predicted molar refractivity (Wildman–Crippen MR) is 71.7 cm³/mol. The fourth-order valence-electron chi connectivity index (χ4n) is 2.09.